The quantitative estimate of drug-likeness (QED) is 0.840. The summed E-state index contributed by atoms with van der Waals surface area (Å²) < 4.78 is 5.02. The van der Waals surface area contributed by atoms with Crippen molar-refractivity contribution in [3.8, 4) is 0 Å². The number of hydrogen-bond acceptors (Lipinski definition) is 5. The molecule has 0 atom stereocenters. The Kier molecular flexibility index (Phi) is 3.71. The maximum Gasteiger partial charge on any atom is 0.409 e. The van der Waals surface area contributed by atoms with Gasteiger partial charge in [-0.25, -0.2) is 14.8 Å². The van der Waals surface area contributed by atoms with E-state index in [1.807, 2.05) is 6.92 Å². The van der Waals surface area contributed by atoms with Crippen molar-refractivity contribution in [1.29, 1.82) is 0 Å². The Labute approximate surface area is 118 Å². The Bertz CT molecular complexity index is 482. The first-order chi connectivity index (χ1) is 9.78. The molecule has 3 rings (SSSR count). The average molecular weight is 276 g/mol. The maximum absolute atomic E-state index is 11.7. The van der Waals surface area contributed by atoms with E-state index in [0.29, 0.717) is 25.6 Å². The monoisotopic (exact) mass is 276 g/mol. The van der Waals surface area contributed by atoms with E-state index in [-0.39, 0.29) is 6.09 Å². The molecule has 2 heterocycles. The highest BCUT2D eigenvalue weighted by Crippen LogP contribution is 2.39. The molecule has 0 N–H and O–H groups in total. The number of hydrogen-bond donors (Lipinski definition) is 0. The molecule has 0 radical (unpaired) electrons. The van der Waals surface area contributed by atoms with Gasteiger partial charge in [-0.1, -0.05) is 0 Å². The number of aromatic nitrogens is 2. The van der Waals surface area contributed by atoms with Crippen molar-refractivity contribution < 1.29 is 9.53 Å². The molecule has 1 amide bonds. The van der Waals surface area contributed by atoms with Gasteiger partial charge in [0.05, 0.1) is 6.61 Å². The lowest BCUT2D eigenvalue weighted by Crippen LogP contribution is -2.49. The van der Waals surface area contributed by atoms with Crippen LogP contribution in [-0.2, 0) is 4.74 Å². The number of rotatable bonds is 3. The van der Waals surface area contributed by atoms with Gasteiger partial charge in [0.15, 0.2) is 0 Å². The summed E-state index contributed by atoms with van der Waals surface area (Å²) in [6.07, 6.45) is 3.93. The molecule has 2 fully saturated rings. The molecule has 20 heavy (non-hydrogen) atoms. The van der Waals surface area contributed by atoms with Crippen LogP contribution >= 0.6 is 0 Å². The molecule has 108 valence electrons. The van der Waals surface area contributed by atoms with Crippen molar-refractivity contribution in [2.75, 3.05) is 37.7 Å². The fraction of sp³-hybridized carbons (Fsp3) is 0.643. The molecule has 0 aromatic carbocycles. The van der Waals surface area contributed by atoms with Crippen LogP contribution in [0.4, 0.5) is 10.6 Å². The zero-order valence-corrected chi connectivity index (χ0v) is 11.8. The van der Waals surface area contributed by atoms with E-state index in [1.54, 1.807) is 11.2 Å². The number of ether oxygens (including phenoxy) is 1. The van der Waals surface area contributed by atoms with E-state index >= 15 is 0 Å². The Balaban J connectivity index is 1.60. The van der Waals surface area contributed by atoms with Crippen molar-refractivity contribution in [3.05, 3.63) is 18.1 Å². The van der Waals surface area contributed by atoms with Gasteiger partial charge in [-0.05, 0) is 19.8 Å². The van der Waals surface area contributed by atoms with Gasteiger partial charge in [0.2, 0.25) is 0 Å². The van der Waals surface area contributed by atoms with Crippen molar-refractivity contribution in [3.63, 3.8) is 0 Å². The van der Waals surface area contributed by atoms with E-state index < -0.39 is 0 Å². The van der Waals surface area contributed by atoms with Crippen LogP contribution in [0, 0.1) is 0 Å². The first-order valence-corrected chi connectivity index (χ1v) is 7.26. The minimum atomic E-state index is -0.214. The molecular formula is C14H20N4O2. The second-order valence-corrected chi connectivity index (χ2v) is 5.25. The third-order valence-corrected chi connectivity index (χ3v) is 3.80. The largest absolute Gasteiger partial charge is 0.450 e. The molecule has 1 aromatic heterocycles. The second-order valence-electron chi connectivity index (χ2n) is 5.25. The van der Waals surface area contributed by atoms with Crippen molar-refractivity contribution >= 4 is 11.9 Å². The lowest BCUT2D eigenvalue weighted by atomic mass is 10.2. The van der Waals surface area contributed by atoms with E-state index in [4.69, 9.17) is 4.74 Å². The average Bonchev–Trinajstić information content (AvgIpc) is 3.33. The number of piperazine rings is 1. The van der Waals surface area contributed by atoms with Crippen molar-refractivity contribution in [2.45, 2.75) is 25.7 Å². The highest BCUT2D eigenvalue weighted by atomic mass is 16.6. The molecular weight excluding hydrogens is 256 g/mol. The first kappa shape index (κ1) is 13.1. The molecule has 1 saturated carbocycles. The normalized spacial score (nSPS) is 19.1. The van der Waals surface area contributed by atoms with E-state index in [2.05, 4.69) is 20.9 Å². The van der Waals surface area contributed by atoms with Crippen LogP contribution < -0.4 is 4.90 Å². The van der Waals surface area contributed by atoms with Gasteiger partial charge in [-0.2, -0.15) is 0 Å². The zero-order valence-electron chi connectivity index (χ0n) is 11.8. The predicted molar refractivity (Wildman–Crippen MR) is 74.8 cm³/mol. The van der Waals surface area contributed by atoms with Gasteiger partial charge in [-0.3, -0.25) is 0 Å². The lowest BCUT2D eigenvalue weighted by molar-refractivity contribution is 0.105. The number of carbonyl (C=O) groups excluding carboxylic acids is 1. The summed E-state index contributed by atoms with van der Waals surface area (Å²) in [6, 6.07) is 2.09. The molecule has 6 nitrogen and oxygen atoms in total. The van der Waals surface area contributed by atoms with Gasteiger partial charge in [-0.15, -0.1) is 0 Å². The fourth-order valence-electron chi connectivity index (χ4n) is 2.47. The molecule has 1 aliphatic heterocycles. The lowest BCUT2D eigenvalue weighted by Gasteiger charge is -2.34. The summed E-state index contributed by atoms with van der Waals surface area (Å²) in [5.41, 5.74) is 1.16. The van der Waals surface area contributed by atoms with E-state index in [9.17, 15) is 4.79 Å². The third-order valence-electron chi connectivity index (χ3n) is 3.80. The number of amides is 1. The molecule has 1 aliphatic carbocycles. The standard InChI is InChI=1S/C14H20N4O2/c1-2-20-14(19)18-7-5-17(6-8-18)13-9-12(11-3-4-11)15-10-16-13/h9-11H,2-8H2,1H3. The molecule has 6 heteroatoms. The highest BCUT2D eigenvalue weighted by molar-refractivity contribution is 5.68. The predicted octanol–water partition coefficient (Wildman–Crippen LogP) is 1.63. The van der Waals surface area contributed by atoms with Crippen LogP contribution in [-0.4, -0.2) is 53.7 Å². The minimum Gasteiger partial charge on any atom is -0.450 e. The summed E-state index contributed by atoms with van der Waals surface area (Å²) in [7, 11) is 0. The summed E-state index contributed by atoms with van der Waals surface area (Å²) >= 11 is 0. The molecule has 0 bridgehead atoms. The zero-order chi connectivity index (χ0) is 13.9. The topological polar surface area (TPSA) is 58.6 Å². The summed E-state index contributed by atoms with van der Waals surface area (Å²) in [6.45, 7) is 5.20. The van der Waals surface area contributed by atoms with E-state index in [1.165, 1.54) is 12.8 Å². The summed E-state index contributed by atoms with van der Waals surface area (Å²) in [5, 5.41) is 0. The highest BCUT2D eigenvalue weighted by Gasteiger charge is 2.27. The van der Waals surface area contributed by atoms with Crippen LogP contribution in [0.25, 0.3) is 0 Å². The smallest absolute Gasteiger partial charge is 0.409 e. The van der Waals surface area contributed by atoms with Crippen LogP contribution in [0.5, 0.6) is 0 Å². The molecule has 0 unspecified atom stereocenters. The van der Waals surface area contributed by atoms with Crippen LogP contribution in [0.1, 0.15) is 31.4 Å². The van der Waals surface area contributed by atoms with Gasteiger partial charge in [0.1, 0.15) is 12.1 Å². The molecule has 1 saturated heterocycles. The Morgan fingerprint density at radius 3 is 2.70 bits per heavy atom. The Morgan fingerprint density at radius 2 is 2.05 bits per heavy atom. The van der Waals surface area contributed by atoms with Gasteiger partial charge < -0.3 is 14.5 Å². The van der Waals surface area contributed by atoms with Crippen LogP contribution in [0.2, 0.25) is 0 Å². The van der Waals surface area contributed by atoms with Crippen LogP contribution in [0.15, 0.2) is 12.4 Å². The molecule has 1 aromatic rings. The number of nitrogens with zero attached hydrogens (tertiary/aromatic N) is 4. The first-order valence-electron chi connectivity index (χ1n) is 7.26. The summed E-state index contributed by atoms with van der Waals surface area (Å²) in [4.78, 5) is 24.3. The van der Waals surface area contributed by atoms with Gasteiger partial charge >= 0.3 is 6.09 Å². The molecule has 0 spiro atoms. The number of anilines is 1. The van der Waals surface area contributed by atoms with Crippen molar-refractivity contribution in [2.24, 2.45) is 0 Å². The van der Waals surface area contributed by atoms with Crippen LogP contribution in [0.3, 0.4) is 0 Å². The second kappa shape index (κ2) is 5.64. The summed E-state index contributed by atoms with van der Waals surface area (Å²) in [5.74, 6) is 1.61. The van der Waals surface area contributed by atoms with Gasteiger partial charge in [0, 0.05) is 43.9 Å². The van der Waals surface area contributed by atoms with Crippen molar-refractivity contribution in [1.82, 2.24) is 14.9 Å². The Hall–Kier alpha value is -1.85. The maximum atomic E-state index is 11.7. The van der Waals surface area contributed by atoms with Gasteiger partial charge in [0.25, 0.3) is 0 Å². The minimum absolute atomic E-state index is 0.214. The Morgan fingerprint density at radius 1 is 1.30 bits per heavy atom. The van der Waals surface area contributed by atoms with E-state index in [0.717, 1.165) is 24.6 Å². The fourth-order valence-corrected chi connectivity index (χ4v) is 2.47. The third kappa shape index (κ3) is 2.84. The SMILES string of the molecule is CCOC(=O)N1CCN(c2cc(C3CC3)ncn2)CC1. The number of carbonyl (C=O) groups is 1. The molecule has 2 aliphatic rings.